The van der Waals surface area contributed by atoms with E-state index in [0.29, 0.717) is 11.2 Å². The number of benzene rings is 2. The van der Waals surface area contributed by atoms with Gasteiger partial charge in [-0.25, -0.2) is 13.2 Å². The first-order chi connectivity index (χ1) is 11.0. The van der Waals surface area contributed by atoms with Crippen molar-refractivity contribution >= 4 is 32.6 Å². The molecule has 3 aromatic rings. The van der Waals surface area contributed by atoms with Gasteiger partial charge in [-0.3, -0.25) is 9.82 Å². The van der Waals surface area contributed by atoms with Crippen LogP contribution in [0.3, 0.4) is 0 Å². The number of anilines is 1. The van der Waals surface area contributed by atoms with Crippen molar-refractivity contribution in [2.45, 2.75) is 4.90 Å². The number of rotatable bonds is 4. The second kappa shape index (κ2) is 5.73. The molecule has 2 aromatic carbocycles. The maximum atomic E-state index is 12.5. The van der Waals surface area contributed by atoms with Gasteiger partial charge < -0.3 is 4.74 Å². The summed E-state index contributed by atoms with van der Waals surface area (Å²) < 4.78 is 32.0. The molecular formula is C15H13N3O4S. The third kappa shape index (κ3) is 2.88. The number of methoxy groups -OCH3 is 1. The Morgan fingerprint density at radius 2 is 1.91 bits per heavy atom. The second-order valence-electron chi connectivity index (χ2n) is 4.76. The van der Waals surface area contributed by atoms with E-state index in [-0.39, 0.29) is 10.5 Å². The number of ether oxygens (including phenoxy) is 1. The van der Waals surface area contributed by atoms with Crippen LogP contribution in [0.2, 0.25) is 0 Å². The highest BCUT2D eigenvalue weighted by Crippen LogP contribution is 2.23. The Hall–Kier alpha value is -2.87. The minimum atomic E-state index is -3.78. The van der Waals surface area contributed by atoms with E-state index in [9.17, 15) is 13.2 Å². The zero-order chi connectivity index (χ0) is 16.4. The molecule has 0 aliphatic carbocycles. The Balaban J connectivity index is 1.93. The van der Waals surface area contributed by atoms with E-state index < -0.39 is 16.0 Å². The summed E-state index contributed by atoms with van der Waals surface area (Å²) in [5.74, 6) is -0.524. The summed E-state index contributed by atoms with van der Waals surface area (Å²) in [5, 5.41) is 7.45. The molecule has 0 radical (unpaired) electrons. The summed E-state index contributed by atoms with van der Waals surface area (Å²) in [7, 11) is -2.52. The van der Waals surface area contributed by atoms with Crippen LogP contribution in [0, 0.1) is 0 Å². The fourth-order valence-electron chi connectivity index (χ4n) is 2.15. The van der Waals surface area contributed by atoms with Crippen molar-refractivity contribution in [3.05, 3.63) is 54.2 Å². The lowest BCUT2D eigenvalue weighted by Crippen LogP contribution is -2.13. The third-order valence-electron chi connectivity index (χ3n) is 3.31. The van der Waals surface area contributed by atoms with E-state index >= 15 is 0 Å². The van der Waals surface area contributed by atoms with Gasteiger partial charge in [-0.15, -0.1) is 0 Å². The number of hydrogen-bond donors (Lipinski definition) is 2. The van der Waals surface area contributed by atoms with Crippen LogP contribution in [0.5, 0.6) is 0 Å². The van der Waals surface area contributed by atoms with E-state index in [1.807, 2.05) is 6.07 Å². The summed E-state index contributed by atoms with van der Waals surface area (Å²) in [6.07, 6.45) is 1.61. The van der Waals surface area contributed by atoms with E-state index in [1.54, 1.807) is 18.3 Å². The molecular weight excluding hydrogens is 318 g/mol. The number of nitrogens with one attached hydrogen (secondary N) is 2. The van der Waals surface area contributed by atoms with Crippen LogP contribution in [0.1, 0.15) is 10.4 Å². The molecule has 0 saturated heterocycles. The van der Waals surface area contributed by atoms with Gasteiger partial charge >= 0.3 is 5.97 Å². The number of aromatic nitrogens is 2. The normalized spacial score (nSPS) is 11.3. The third-order valence-corrected chi connectivity index (χ3v) is 4.69. The van der Waals surface area contributed by atoms with Crippen molar-refractivity contribution in [1.82, 2.24) is 10.2 Å². The molecule has 1 heterocycles. The van der Waals surface area contributed by atoms with Crippen LogP contribution in [-0.4, -0.2) is 31.7 Å². The van der Waals surface area contributed by atoms with Crippen LogP contribution in [0.15, 0.2) is 53.6 Å². The molecule has 0 saturated carbocycles. The van der Waals surface area contributed by atoms with Gasteiger partial charge in [-0.05, 0) is 30.3 Å². The number of para-hydroxylation sites is 1. The van der Waals surface area contributed by atoms with Gasteiger partial charge in [0, 0.05) is 5.39 Å². The molecule has 23 heavy (non-hydrogen) atoms. The number of fused-ring (bicyclic) bond motifs is 1. The SMILES string of the molecule is COC(=O)c1ccc(S(=O)(=O)Nc2cccc3cn[nH]c23)cc1. The monoisotopic (exact) mass is 331 g/mol. The Bertz CT molecular complexity index is 962. The average molecular weight is 331 g/mol. The molecule has 2 N–H and O–H groups in total. The van der Waals surface area contributed by atoms with Crippen LogP contribution < -0.4 is 4.72 Å². The topological polar surface area (TPSA) is 101 Å². The van der Waals surface area contributed by atoms with Gasteiger partial charge in [0.1, 0.15) is 0 Å². The van der Waals surface area contributed by atoms with Gasteiger partial charge in [-0.1, -0.05) is 12.1 Å². The highest BCUT2D eigenvalue weighted by atomic mass is 32.2. The van der Waals surface area contributed by atoms with E-state index in [2.05, 4.69) is 19.7 Å². The molecule has 0 spiro atoms. The van der Waals surface area contributed by atoms with E-state index in [1.165, 1.54) is 31.4 Å². The smallest absolute Gasteiger partial charge is 0.337 e. The molecule has 1 aromatic heterocycles. The molecule has 0 aliphatic heterocycles. The summed E-state index contributed by atoms with van der Waals surface area (Å²) in [5.41, 5.74) is 1.28. The quantitative estimate of drug-likeness (QED) is 0.713. The molecule has 0 fully saturated rings. The van der Waals surface area contributed by atoms with Gasteiger partial charge in [0.15, 0.2) is 0 Å². The molecule has 3 rings (SSSR count). The van der Waals surface area contributed by atoms with Crippen molar-refractivity contribution < 1.29 is 17.9 Å². The van der Waals surface area contributed by atoms with Crippen LogP contribution in [0.4, 0.5) is 5.69 Å². The second-order valence-corrected chi connectivity index (χ2v) is 6.44. The van der Waals surface area contributed by atoms with Crippen molar-refractivity contribution in [1.29, 1.82) is 0 Å². The fraction of sp³-hybridized carbons (Fsp3) is 0.0667. The Morgan fingerprint density at radius 3 is 2.61 bits per heavy atom. The molecule has 7 nitrogen and oxygen atoms in total. The zero-order valence-electron chi connectivity index (χ0n) is 12.1. The number of carbonyl (C=O) groups excluding carboxylic acids is 1. The van der Waals surface area contributed by atoms with Crippen molar-refractivity contribution in [2.24, 2.45) is 0 Å². The van der Waals surface area contributed by atoms with Crippen molar-refractivity contribution in [2.75, 3.05) is 11.8 Å². The van der Waals surface area contributed by atoms with Crippen molar-refractivity contribution in [3.8, 4) is 0 Å². The van der Waals surface area contributed by atoms with Crippen LogP contribution >= 0.6 is 0 Å². The first kappa shape index (κ1) is 15.0. The lowest BCUT2D eigenvalue weighted by atomic mass is 10.2. The maximum absolute atomic E-state index is 12.5. The Morgan fingerprint density at radius 1 is 1.17 bits per heavy atom. The van der Waals surface area contributed by atoms with Gasteiger partial charge in [0.25, 0.3) is 10.0 Å². The predicted molar refractivity (Wildman–Crippen MR) is 84.7 cm³/mol. The molecule has 0 aliphatic rings. The molecule has 0 atom stereocenters. The van der Waals surface area contributed by atoms with Crippen molar-refractivity contribution in [3.63, 3.8) is 0 Å². The number of carbonyl (C=O) groups is 1. The summed E-state index contributed by atoms with van der Waals surface area (Å²) in [6.45, 7) is 0. The standard InChI is InChI=1S/C15H13N3O4S/c1-22-15(19)10-5-7-12(8-6-10)23(20,21)18-13-4-2-3-11-9-16-17-14(11)13/h2-9,18H,1H3,(H,16,17). The molecule has 0 unspecified atom stereocenters. The highest BCUT2D eigenvalue weighted by Gasteiger charge is 2.17. The largest absolute Gasteiger partial charge is 0.465 e. The van der Waals surface area contributed by atoms with Crippen LogP contribution in [-0.2, 0) is 14.8 Å². The summed E-state index contributed by atoms with van der Waals surface area (Å²) in [6, 6.07) is 10.7. The average Bonchev–Trinajstić information content (AvgIpc) is 3.04. The van der Waals surface area contributed by atoms with Gasteiger partial charge in [-0.2, -0.15) is 5.10 Å². The Labute approximate surface area is 132 Å². The summed E-state index contributed by atoms with van der Waals surface area (Å²) in [4.78, 5) is 11.4. The first-order valence-electron chi connectivity index (χ1n) is 6.64. The summed E-state index contributed by atoms with van der Waals surface area (Å²) >= 11 is 0. The minimum Gasteiger partial charge on any atom is -0.465 e. The number of esters is 1. The van der Waals surface area contributed by atoms with Gasteiger partial charge in [0.2, 0.25) is 0 Å². The lowest BCUT2D eigenvalue weighted by molar-refractivity contribution is 0.0600. The molecule has 0 amide bonds. The maximum Gasteiger partial charge on any atom is 0.337 e. The van der Waals surface area contributed by atoms with Crippen LogP contribution in [0.25, 0.3) is 10.9 Å². The molecule has 8 heteroatoms. The number of sulfonamides is 1. The number of hydrogen-bond acceptors (Lipinski definition) is 5. The predicted octanol–water partition coefficient (Wildman–Crippen LogP) is 2.15. The highest BCUT2D eigenvalue weighted by molar-refractivity contribution is 7.92. The Kier molecular flexibility index (Phi) is 3.75. The van der Waals surface area contributed by atoms with E-state index in [4.69, 9.17) is 0 Å². The molecule has 0 bridgehead atoms. The van der Waals surface area contributed by atoms with Gasteiger partial charge in [0.05, 0.1) is 35.0 Å². The first-order valence-corrected chi connectivity index (χ1v) is 8.13. The molecule has 118 valence electrons. The number of aromatic amines is 1. The minimum absolute atomic E-state index is 0.0432. The lowest BCUT2D eigenvalue weighted by Gasteiger charge is -2.09. The zero-order valence-corrected chi connectivity index (χ0v) is 12.9. The number of nitrogens with zero attached hydrogens (tertiary/aromatic N) is 1. The number of H-pyrrole nitrogens is 1. The van der Waals surface area contributed by atoms with E-state index in [0.717, 1.165) is 5.39 Å². The fourth-order valence-corrected chi connectivity index (χ4v) is 3.22.